The fourth-order valence-corrected chi connectivity index (χ4v) is 4.60. The highest BCUT2D eigenvalue weighted by Crippen LogP contribution is 2.32. The first-order chi connectivity index (χ1) is 16.5. The zero-order chi connectivity index (χ0) is 23.8. The number of phenolic OH excluding ortho intramolecular Hbond substituents is 1. The van der Waals surface area contributed by atoms with Crippen LogP contribution >= 0.6 is 0 Å². The van der Waals surface area contributed by atoms with Crippen LogP contribution < -0.4 is 5.73 Å². The summed E-state index contributed by atoms with van der Waals surface area (Å²) in [6.45, 7) is 3.28. The topological polar surface area (TPSA) is 133 Å². The highest BCUT2D eigenvalue weighted by atomic mass is 16.5. The van der Waals surface area contributed by atoms with Crippen LogP contribution in [0, 0.1) is 0 Å². The number of aromatic amines is 2. The number of fused-ring (bicyclic) bond motifs is 2. The van der Waals surface area contributed by atoms with Gasteiger partial charge >= 0.3 is 0 Å². The minimum absolute atomic E-state index is 0.123. The summed E-state index contributed by atoms with van der Waals surface area (Å²) in [6, 6.07) is 11.0. The van der Waals surface area contributed by atoms with E-state index in [0.29, 0.717) is 25.3 Å². The standard InChI is InChI=1S/C25H28N6O3/c1-3-14-10-16(32)5-7-17(14)15-4-6-18-21(11-15)29-30-23(18)24-27-20-8-9-31(12-22(20)28-24)25(33)19(26)13-34-2/h4-7,10-11,19,32H,3,8-9,12-13,26H2,1-2H3,(H,27,28)(H,29,30). The molecule has 176 valence electrons. The van der Waals surface area contributed by atoms with E-state index in [4.69, 9.17) is 15.5 Å². The molecule has 3 heterocycles. The van der Waals surface area contributed by atoms with Gasteiger partial charge in [-0.15, -0.1) is 0 Å². The maximum absolute atomic E-state index is 12.6. The lowest BCUT2D eigenvalue weighted by atomic mass is 9.97. The van der Waals surface area contributed by atoms with Gasteiger partial charge in [0.1, 0.15) is 17.5 Å². The first-order valence-corrected chi connectivity index (χ1v) is 11.4. The zero-order valence-corrected chi connectivity index (χ0v) is 19.3. The molecule has 4 aromatic rings. The summed E-state index contributed by atoms with van der Waals surface area (Å²) in [7, 11) is 1.53. The fraction of sp³-hybridized carbons (Fsp3) is 0.320. The maximum atomic E-state index is 12.6. The fourth-order valence-electron chi connectivity index (χ4n) is 4.60. The van der Waals surface area contributed by atoms with Crippen molar-refractivity contribution in [2.45, 2.75) is 32.4 Å². The molecule has 0 saturated heterocycles. The second-order valence-corrected chi connectivity index (χ2v) is 8.61. The van der Waals surface area contributed by atoms with Crippen molar-refractivity contribution in [2.75, 3.05) is 20.3 Å². The molecule has 2 aromatic heterocycles. The SMILES string of the molecule is CCc1cc(O)ccc1-c1ccc2c(-c3nc4c([nH]3)CN(C(=O)C(N)COC)CC4)n[nH]c2c1. The number of ether oxygens (including phenoxy) is 1. The van der Waals surface area contributed by atoms with Crippen LogP contribution in [0.4, 0.5) is 0 Å². The normalized spacial score (nSPS) is 14.4. The first-order valence-electron chi connectivity index (χ1n) is 11.4. The Balaban J connectivity index is 1.43. The molecular weight excluding hydrogens is 432 g/mol. The quantitative estimate of drug-likeness (QED) is 0.350. The van der Waals surface area contributed by atoms with Gasteiger partial charge in [-0.2, -0.15) is 5.10 Å². The molecule has 9 heteroatoms. The van der Waals surface area contributed by atoms with Crippen LogP contribution in [0.3, 0.4) is 0 Å². The highest BCUT2D eigenvalue weighted by molar-refractivity contribution is 5.94. The summed E-state index contributed by atoms with van der Waals surface area (Å²) in [4.78, 5) is 22.5. The number of nitrogens with zero attached hydrogens (tertiary/aromatic N) is 3. The van der Waals surface area contributed by atoms with E-state index >= 15 is 0 Å². The van der Waals surface area contributed by atoms with Crippen molar-refractivity contribution in [2.24, 2.45) is 5.73 Å². The molecule has 0 saturated carbocycles. The Bertz CT molecular complexity index is 1360. The number of nitrogens with two attached hydrogens (primary N) is 1. The number of H-pyrrole nitrogens is 2. The van der Waals surface area contributed by atoms with Gasteiger partial charge in [0.05, 0.1) is 30.1 Å². The van der Waals surface area contributed by atoms with Crippen molar-refractivity contribution in [1.82, 2.24) is 25.1 Å². The predicted octanol–water partition coefficient (Wildman–Crippen LogP) is 2.75. The van der Waals surface area contributed by atoms with Gasteiger partial charge in [0.2, 0.25) is 5.91 Å². The molecule has 0 fully saturated rings. The van der Waals surface area contributed by atoms with Gasteiger partial charge in [0.15, 0.2) is 5.82 Å². The van der Waals surface area contributed by atoms with Gasteiger partial charge in [-0.05, 0) is 47.4 Å². The molecule has 1 amide bonds. The Morgan fingerprint density at radius 2 is 2.15 bits per heavy atom. The number of hydrogen-bond donors (Lipinski definition) is 4. The van der Waals surface area contributed by atoms with Crippen molar-refractivity contribution in [1.29, 1.82) is 0 Å². The van der Waals surface area contributed by atoms with Crippen LogP contribution in [-0.4, -0.2) is 62.4 Å². The lowest BCUT2D eigenvalue weighted by Crippen LogP contribution is -2.47. The third-order valence-corrected chi connectivity index (χ3v) is 6.37. The second kappa shape index (κ2) is 8.92. The number of phenols is 1. The molecular formula is C25H28N6O3. The molecule has 5 N–H and O–H groups in total. The number of aromatic hydroxyl groups is 1. The third kappa shape index (κ3) is 3.93. The molecule has 0 radical (unpaired) electrons. The largest absolute Gasteiger partial charge is 0.508 e. The van der Waals surface area contributed by atoms with Gasteiger partial charge in [0.25, 0.3) is 0 Å². The first kappa shape index (κ1) is 22.1. The van der Waals surface area contributed by atoms with Gasteiger partial charge in [-0.3, -0.25) is 9.89 Å². The van der Waals surface area contributed by atoms with E-state index in [1.54, 1.807) is 11.0 Å². The van der Waals surface area contributed by atoms with Crippen LogP contribution in [-0.2, 0) is 28.9 Å². The van der Waals surface area contributed by atoms with Crippen molar-refractivity contribution in [3.8, 4) is 28.4 Å². The Morgan fingerprint density at radius 3 is 2.94 bits per heavy atom. The van der Waals surface area contributed by atoms with E-state index in [-0.39, 0.29) is 18.3 Å². The summed E-state index contributed by atoms with van der Waals surface area (Å²) < 4.78 is 5.02. The summed E-state index contributed by atoms with van der Waals surface area (Å²) in [5.74, 6) is 0.827. The van der Waals surface area contributed by atoms with Crippen molar-refractivity contribution >= 4 is 16.8 Å². The van der Waals surface area contributed by atoms with Crippen LogP contribution in [0.1, 0.15) is 23.9 Å². The summed E-state index contributed by atoms with van der Waals surface area (Å²) in [6.07, 6.45) is 1.48. The molecule has 0 spiro atoms. The molecule has 34 heavy (non-hydrogen) atoms. The van der Waals surface area contributed by atoms with Gasteiger partial charge in [0, 0.05) is 25.5 Å². The van der Waals surface area contributed by atoms with Crippen LogP contribution in [0.25, 0.3) is 33.5 Å². The number of aromatic nitrogens is 4. The minimum Gasteiger partial charge on any atom is -0.508 e. The number of imidazole rings is 1. The second-order valence-electron chi connectivity index (χ2n) is 8.61. The Hall–Kier alpha value is -3.69. The zero-order valence-electron chi connectivity index (χ0n) is 19.3. The number of amides is 1. The number of hydrogen-bond acceptors (Lipinski definition) is 6. The summed E-state index contributed by atoms with van der Waals surface area (Å²) >= 11 is 0. The minimum atomic E-state index is -0.666. The number of benzene rings is 2. The van der Waals surface area contributed by atoms with E-state index in [1.165, 1.54) is 7.11 Å². The summed E-state index contributed by atoms with van der Waals surface area (Å²) in [5.41, 5.74) is 12.7. The maximum Gasteiger partial charge on any atom is 0.242 e. The molecule has 0 aliphatic carbocycles. The number of carbonyl (C=O) groups excluding carboxylic acids is 1. The molecule has 0 bridgehead atoms. The highest BCUT2D eigenvalue weighted by Gasteiger charge is 2.28. The van der Waals surface area contributed by atoms with Crippen LogP contribution in [0.15, 0.2) is 36.4 Å². The van der Waals surface area contributed by atoms with Crippen molar-refractivity contribution in [3.63, 3.8) is 0 Å². The predicted molar refractivity (Wildman–Crippen MR) is 129 cm³/mol. The average Bonchev–Trinajstić information content (AvgIpc) is 3.46. The molecule has 2 aromatic carbocycles. The Labute approximate surface area is 197 Å². The number of carbonyl (C=O) groups is 1. The summed E-state index contributed by atoms with van der Waals surface area (Å²) in [5, 5.41) is 18.4. The monoisotopic (exact) mass is 460 g/mol. The van der Waals surface area contributed by atoms with E-state index in [2.05, 4.69) is 34.2 Å². The number of rotatable bonds is 6. The van der Waals surface area contributed by atoms with E-state index in [9.17, 15) is 9.90 Å². The van der Waals surface area contributed by atoms with Gasteiger partial charge < -0.3 is 25.5 Å². The average molecular weight is 461 g/mol. The van der Waals surface area contributed by atoms with E-state index in [1.807, 2.05) is 18.2 Å². The van der Waals surface area contributed by atoms with Crippen LogP contribution in [0.5, 0.6) is 5.75 Å². The lowest BCUT2D eigenvalue weighted by Gasteiger charge is -2.28. The number of nitrogens with one attached hydrogen (secondary N) is 2. The van der Waals surface area contributed by atoms with Crippen molar-refractivity contribution in [3.05, 3.63) is 53.3 Å². The number of methoxy groups -OCH3 is 1. The molecule has 1 aliphatic heterocycles. The third-order valence-electron chi connectivity index (χ3n) is 6.37. The van der Waals surface area contributed by atoms with E-state index in [0.717, 1.165) is 51.1 Å². The Kier molecular flexibility index (Phi) is 5.80. The molecule has 1 atom stereocenters. The smallest absolute Gasteiger partial charge is 0.242 e. The van der Waals surface area contributed by atoms with Gasteiger partial charge in [-0.1, -0.05) is 19.1 Å². The number of aryl methyl sites for hydroxylation is 1. The Morgan fingerprint density at radius 1 is 1.29 bits per heavy atom. The molecule has 5 rings (SSSR count). The molecule has 9 nitrogen and oxygen atoms in total. The van der Waals surface area contributed by atoms with E-state index < -0.39 is 6.04 Å². The lowest BCUT2D eigenvalue weighted by molar-refractivity contribution is -0.134. The molecule has 1 aliphatic rings. The van der Waals surface area contributed by atoms with Crippen molar-refractivity contribution < 1.29 is 14.6 Å². The van der Waals surface area contributed by atoms with Crippen LogP contribution in [0.2, 0.25) is 0 Å². The van der Waals surface area contributed by atoms with Gasteiger partial charge in [-0.25, -0.2) is 4.98 Å². The molecule has 1 unspecified atom stereocenters.